The molecule has 7 nitrogen and oxygen atoms in total. The van der Waals surface area contributed by atoms with Crippen molar-refractivity contribution in [2.45, 2.75) is 32.2 Å². The van der Waals surface area contributed by atoms with Gasteiger partial charge in [-0.05, 0) is 19.1 Å². The Labute approximate surface area is 172 Å². The smallest absolute Gasteiger partial charge is 0.327 e. The van der Waals surface area contributed by atoms with Crippen molar-refractivity contribution in [3.8, 4) is 11.6 Å². The number of nitrogens with zero attached hydrogens (tertiary/aromatic N) is 6. The lowest BCUT2D eigenvalue weighted by Crippen LogP contribution is -2.45. The summed E-state index contributed by atoms with van der Waals surface area (Å²) in [7, 11) is 0. The summed E-state index contributed by atoms with van der Waals surface area (Å²) in [5, 5.41) is 7.40. The zero-order valence-corrected chi connectivity index (χ0v) is 16.1. The second-order valence-electron chi connectivity index (χ2n) is 6.72. The van der Waals surface area contributed by atoms with Gasteiger partial charge in [-0.25, -0.2) is 14.4 Å². The fraction of sp³-hybridized carbons (Fsp3) is 0.278. The molecule has 30 heavy (non-hydrogen) atoms. The van der Waals surface area contributed by atoms with E-state index < -0.39 is 34.5 Å². The molecule has 0 saturated carbocycles. The third kappa shape index (κ3) is 3.49. The quantitative estimate of drug-likeness (QED) is 0.569. The average Bonchev–Trinajstić information content (AvgIpc) is 3.09. The zero-order chi connectivity index (χ0) is 21.6. The number of alkyl halides is 3. The molecule has 0 fully saturated rings. The van der Waals surface area contributed by atoms with E-state index in [1.165, 1.54) is 11.0 Å². The number of rotatable bonds is 2. The fourth-order valence-corrected chi connectivity index (χ4v) is 3.57. The Balaban J connectivity index is 1.65. The molecule has 12 heteroatoms. The maximum Gasteiger partial charge on any atom is 0.417 e. The summed E-state index contributed by atoms with van der Waals surface area (Å²) in [4.78, 5) is 22.1. The topological polar surface area (TPSA) is 76.8 Å². The van der Waals surface area contributed by atoms with Crippen molar-refractivity contribution in [3.05, 3.63) is 58.4 Å². The number of carbonyl (C=O) groups excluding carboxylic acids is 1. The predicted octanol–water partition coefficient (Wildman–Crippen LogP) is 3.59. The van der Waals surface area contributed by atoms with Crippen LogP contribution in [0.5, 0.6) is 0 Å². The van der Waals surface area contributed by atoms with Crippen molar-refractivity contribution >= 4 is 17.5 Å². The molecular weight excluding hydrogens is 428 g/mol. The minimum absolute atomic E-state index is 0.000763. The van der Waals surface area contributed by atoms with Gasteiger partial charge >= 0.3 is 6.18 Å². The largest absolute Gasteiger partial charge is 0.417 e. The van der Waals surface area contributed by atoms with Gasteiger partial charge in [0.25, 0.3) is 5.91 Å². The van der Waals surface area contributed by atoms with E-state index in [2.05, 4.69) is 20.2 Å². The van der Waals surface area contributed by atoms with Crippen LogP contribution >= 0.6 is 11.6 Å². The molecule has 1 aliphatic heterocycles. The zero-order valence-electron chi connectivity index (χ0n) is 15.4. The Morgan fingerprint density at radius 1 is 1.20 bits per heavy atom. The van der Waals surface area contributed by atoms with Crippen molar-refractivity contribution in [2.75, 3.05) is 0 Å². The third-order valence-electron chi connectivity index (χ3n) is 4.73. The number of carbonyl (C=O) groups is 1. The van der Waals surface area contributed by atoms with Crippen LogP contribution in [0.1, 0.15) is 28.7 Å². The normalized spacial score (nSPS) is 16.5. The van der Waals surface area contributed by atoms with Crippen LogP contribution in [-0.2, 0) is 19.3 Å². The lowest BCUT2D eigenvalue weighted by atomic mass is 10.1. The Kier molecular flexibility index (Phi) is 4.92. The van der Waals surface area contributed by atoms with E-state index >= 15 is 0 Å². The molecule has 1 aromatic carbocycles. The predicted molar refractivity (Wildman–Crippen MR) is 96.8 cm³/mol. The average molecular weight is 441 g/mol. The highest BCUT2D eigenvalue weighted by atomic mass is 35.5. The van der Waals surface area contributed by atoms with Gasteiger partial charge in [0, 0.05) is 12.6 Å². The van der Waals surface area contributed by atoms with E-state index in [1.54, 1.807) is 11.5 Å². The number of benzene rings is 1. The molecule has 4 rings (SSSR count). The van der Waals surface area contributed by atoms with E-state index in [0.717, 1.165) is 24.5 Å². The van der Waals surface area contributed by atoms with Crippen molar-refractivity contribution in [1.29, 1.82) is 0 Å². The van der Waals surface area contributed by atoms with Gasteiger partial charge in [0.1, 0.15) is 0 Å². The number of halogens is 5. The van der Waals surface area contributed by atoms with Crippen molar-refractivity contribution < 1.29 is 22.4 Å². The summed E-state index contributed by atoms with van der Waals surface area (Å²) in [5.74, 6) is -0.371. The number of amides is 1. The molecule has 0 radical (unpaired) electrons. The highest BCUT2D eigenvalue weighted by molar-refractivity contribution is 6.34. The summed E-state index contributed by atoms with van der Waals surface area (Å²) in [5.41, 5.74) is -1.31. The Morgan fingerprint density at radius 2 is 1.90 bits per heavy atom. The summed E-state index contributed by atoms with van der Waals surface area (Å²) in [6.45, 7) is 1.99. The molecule has 156 valence electrons. The van der Waals surface area contributed by atoms with Gasteiger partial charge < -0.3 is 9.47 Å². The number of aromatic nitrogens is 5. The molecule has 1 amide bonds. The number of fused-ring (bicyclic) bond motifs is 1. The maximum absolute atomic E-state index is 13.1. The van der Waals surface area contributed by atoms with Gasteiger partial charge in [0.2, 0.25) is 5.82 Å². The van der Waals surface area contributed by atoms with Crippen molar-refractivity contribution in [2.24, 2.45) is 0 Å². The Morgan fingerprint density at radius 3 is 2.57 bits per heavy atom. The monoisotopic (exact) mass is 440 g/mol. The molecule has 0 saturated heterocycles. The Bertz CT molecular complexity index is 1110. The second-order valence-corrected chi connectivity index (χ2v) is 7.10. The first-order valence-corrected chi connectivity index (χ1v) is 9.11. The van der Waals surface area contributed by atoms with Crippen LogP contribution in [0.4, 0.5) is 17.6 Å². The first-order valence-electron chi connectivity index (χ1n) is 8.73. The van der Waals surface area contributed by atoms with Crippen LogP contribution in [0.25, 0.3) is 11.6 Å². The van der Waals surface area contributed by atoms with Gasteiger partial charge in [-0.2, -0.15) is 13.2 Å². The molecule has 2 aromatic heterocycles. The van der Waals surface area contributed by atoms with E-state index in [0.29, 0.717) is 11.6 Å². The van der Waals surface area contributed by atoms with E-state index in [9.17, 15) is 22.4 Å². The highest BCUT2D eigenvalue weighted by Crippen LogP contribution is 2.37. The fourth-order valence-electron chi connectivity index (χ4n) is 3.25. The van der Waals surface area contributed by atoms with Crippen LogP contribution in [-0.4, -0.2) is 41.6 Å². The molecule has 0 N–H and O–H groups in total. The molecule has 0 aliphatic carbocycles. The summed E-state index contributed by atoms with van der Waals surface area (Å²) in [6.07, 6.45) is -2.67. The molecular formula is C18H13ClF4N6O. The van der Waals surface area contributed by atoms with Gasteiger partial charge in [-0.1, -0.05) is 17.7 Å². The molecule has 0 bridgehead atoms. The van der Waals surface area contributed by atoms with Gasteiger partial charge in [-0.15, -0.1) is 10.2 Å². The van der Waals surface area contributed by atoms with Gasteiger partial charge in [0.05, 0.1) is 35.1 Å². The van der Waals surface area contributed by atoms with E-state index in [-0.39, 0.29) is 24.5 Å². The maximum atomic E-state index is 13.1. The Hall–Kier alpha value is -3.08. The van der Waals surface area contributed by atoms with Crippen LogP contribution < -0.4 is 0 Å². The standard InChI is InChI=1S/C18H13ClF4N6O/c1-9-7-29-13(26-27-16(29)15-24-5-10(20)6-25-15)8-28(9)17(30)11-3-2-4-12(14(11)19)18(21,22)23/h2-6,9H,7-8H2,1H3/t9-/m0/s1. The van der Waals surface area contributed by atoms with Crippen LogP contribution in [0.3, 0.4) is 0 Å². The minimum atomic E-state index is -4.68. The first kappa shape index (κ1) is 20.2. The molecule has 1 atom stereocenters. The van der Waals surface area contributed by atoms with E-state index in [1.807, 2.05) is 0 Å². The third-order valence-corrected chi connectivity index (χ3v) is 5.14. The number of hydrogen-bond donors (Lipinski definition) is 0. The first-order chi connectivity index (χ1) is 14.2. The molecule has 1 aliphatic rings. The van der Waals surface area contributed by atoms with Gasteiger partial charge in [0.15, 0.2) is 17.5 Å². The SMILES string of the molecule is C[C@H]1Cn2c(nnc2-c2ncc(F)cn2)CN1C(=O)c1cccc(C(F)(F)F)c1Cl. The lowest BCUT2D eigenvalue weighted by molar-refractivity contribution is -0.137. The molecule has 0 spiro atoms. The number of hydrogen-bond acceptors (Lipinski definition) is 5. The van der Waals surface area contributed by atoms with Gasteiger partial charge in [-0.3, -0.25) is 4.79 Å². The van der Waals surface area contributed by atoms with Crippen LogP contribution in [0.2, 0.25) is 5.02 Å². The van der Waals surface area contributed by atoms with Crippen molar-refractivity contribution in [1.82, 2.24) is 29.6 Å². The van der Waals surface area contributed by atoms with Crippen LogP contribution in [0.15, 0.2) is 30.6 Å². The molecule has 3 aromatic rings. The summed E-state index contributed by atoms with van der Waals surface area (Å²) in [6, 6.07) is 2.81. The van der Waals surface area contributed by atoms with Crippen LogP contribution in [0, 0.1) is 5.82 Å². The highest BCUT2D eigenvalue weighted by Gasteiger charge is 2.37. The second kappa shape index (κ2) is 7.31. The van der Waals surface area contributed by atoms with Crippen molar-refractivity contribution in [3.63, 3.8) is 0 Å². The summed E-state index contributed by atoms with van der Waals surface area (Å²) < 4.78 is 54.2. The molecule has 3 heterocycles. The lowest BCUT2D eigenvalue weighted by Gasteiger charge is -2.34. The summed E-state index contributed by atoms with van der Waals surface area (Å²) >= 11 is 5.90. The molecule has 0 unspecified atom stereocenters. The minimum Gasteiger partial charge on any atom is -0.327 e. The van der Waals surface area contributed by atoms with E-state index in [4.69, 9.17) is 11.6 Å².